The molecule has 1 aromatic heterocycles. The molecule has 1 amide bonds. The van der Waals surface area contributed by atoms with E-state index in [9.17, 15) is 14.9 Å². The number of hydrogen-bond acceptors (Lipinski definition) is 5. The predicted molar refractivity (Wildman–Crippen MR) is 95.2 cm³/mol. The highest BCUT2D eigenvalue weighted by Crippen LogP contribution is 2.24. The zero-order valence-electron chi connectivity index (χ0n) is 13.7. The number of aromatic nitrogens is 1. The van der Waals surface area contributed by atoms with E-state index in [1.165, 1.54) is 12.3 Å². The van der Waals surface area contributed by atoms with Crippen LogP contribution >= 0.6 is 11.6 Å². The van der Waals surface area contributed by atoms with Gasteiger partial charge in [0.05, 0.1) is 15.5 Å². The van der Waals surface area contributed by atoms with E-state index in [2.05, 4.69) is 4.98 Å². The van der Waals surface area contributed by atoms with Gasteiger partial charge in [0, 0.05) is 32.2 Å². The van der Waals surface area contributed by atoms with E-state index in [4.69, 9.17) is 11.6 Å². The fraction of sp³-hybridized carbons (Fsp3) is 0.294. The van der Waals surface area contributed by atoms with Gasteiger partial charge >= 0.3 is 0 Å². The third-order valence-corrected chi connectivity index (χ3v) is 4.55. The van der Waals surface area contributed by atoms with Crippen LogP contribution in [0, 0.1) is 17.0 Å². The maximum absolute atomic E-state index is 12.6. The molecule has 1 saturated heterocycles. The van der Waals surface area contributed by atoms with Gasteiger partial charge in [-0.2, -0.15) is 0 Å². The summed E-state index contributed by atoms with van der Waals surface area (Å²) in [7, 11) is 0. The van der Waals surface area contributed by atoms with Crippen molar-refractivity contribution in [2.75, 3.05) is 31.1 Å². The van der Waals surface area contributed by atoms with Crippen molar-refractivity contribution < 1.29 is 9.72 Å². The van der Waals surface area contributed by atoms with Crippen LogP contribution in [0.25, 0.3) is 0 Å². The highest BCUT2D eigenvalue weighted by atomic mass is 35.5. The number of nitrogens with zero attached hydrogens (tertiary/aromatic N) is 4. The highest BCUT2D eigenvalue weighted by molar-refractivity contribution is 6.33. The third kappa shape index (κ3) is 3.56. The Morgan fingerprint density at radius 2 is 1.92 bits per heavy atom. The first kappa shape index (κ1) is 17.2. The number of nitro groups is 1. The van der Waals surface area contributed by atoms with E-state index < -0.39 is 4.92 Å². The first-order chi connectivity index (χ1) is 12.0. The average Bonchev–Trinajstić information content (AvgIpc) is 2.61. The van der Waals surface area contributed by atoms with Crippen LogP contribution in [0.5, 0.6) is 0 Å². The second kappa shape index (κ2) is 7.06. The van der Waals surface area contributed by atoms with E-state index >= 15 is 0 Å². The molecule has 2 aromatic rings. The number of anilines is 1. The number of carbonyl (C=O) groups excluding carboxylic acids is 1. The molecular weight excluding hydrogens is 344 g/mol. The molecule has 0 radical (unpaired) electrons. The Kier molecular flexibility index (Phi) is 4.85. The fourth-order valence-corrected chi connectivity index (χ4v) is 3.13. The summed E-state index contributed by atoms with van der Waals surface area (Å²) in [6, 6.07) is 8.53. The maximum atomic E-state index is 12.6. The molecule has 0 aliphatic carbocycles. The van der Waals surface area contributed by atoms with Gasteiger partial charge < -0.3 is 9.80 Å². The Bertz CT molecular complexity index is 819. The SMILES string of the molecule is Cc1cc([N+](=O)[O-])cnc1N1CCN(C(=O)c2ccccc2Cl)CC1. The Labute approximate surface area is 150 Å². The van der Waals surface area contributed by atoms with Gasteiger partial charge in [-0.25, -0.2) is 4.98 Å². The zero-order chi connectivity index (χ0) is 18.0. The number of pyridine rings is 1. The van der Waals surface area contributed by atoms with E-state index in [1.54, 1.807) is 36.1 Å². The minimum absolute atomic E-state index is 0.0196. The molecule has 3 rings (SSSR count). The molecule has 7 nitrogen and oxygen atoms in total. The van der Waals surface area contributed by atoms with E-state index in [-0.39, 0.29) is 11.6 Å². The molecule has 0 N–H and O–H groups in total. The van der Waals surface area contributed by atoms with Crippen molar-refractivity contribution in [1.29, 1.82) is 0 Å². The molecule has 0 bridgehead atoms. The van der Waals surface area contributed by atoms with Crippen LogP contribution in [0.4, 0.5) is 11.5 Å². The molecular formula is C17H17ClN4O3. The summed E-state index contributed by atoms with van der Waals surface area (Å²) in [5.41, 5.74) is 1.23. The van der Waals surface area contributed by atoms with E-state index in [0.29, 0.717) is 36.8 Å². The molecule has 0 spiro atoms. The Hall–Kier alpha value is -2.67. The summed E-state index contributed by atoms with van der Waals surface area (Å²) in [4.78, 5) is 31.0. The predicted octanol–water partition coefficient (Wildman–Crippen LogP) is 2.91. The lowest BCUT2D eigenvalue weighted by atomic mass is 10.1. The maximum Gasteiger partial charge on any atom is 0.287 e. The van der Waals surface area contributed by atoms with Crippen LogP contribution < -0.4 is 4.90 Å². The van der Waals surface area contributed by atoms with Gasteiger partial charge in [0.2, 0.25) is 0 Å². The van der Waals surface area contributed by atoms with Crippen molar-refractivity contribution >= 4 is 29.0 Å². The van der Waals surface area contributed by atoms with Crippen LogP contribution in [0.2, 0.25) is 5.02 Å². The summed E-state index contributed by atoms with van der Waals surface area (Å²) < 4.78 is 0. The van der Waals surface area contributed by atoms with Gasteiger partial charge in [-0.05, 0) is 24.6 Å². The fourth-order valence-electron chi connectivity index (χ4n) is 2.91. The number of piperazine rings is 1. The van der Waals surface area contributed by atoms with Crippen molar-refractivity contribution in [2.45, 2.75) is 6.92 Å². The molecule has 2 heterocycles. The molecule has 0 saturated carbocycles. The molecule has 1 aromatic carbocycles. The summed E-state index contributed by atoms with van der Waals surface area (Å²) >= 11 is 6.10. The number of amides is 1. The van der Waals surface area contributed by atoms with Crippen molar-refractivity contribution in [3.63, 3.8) is 0 Å². The van der Waals surface area contributed by atoms with Gasteiger partial charge in [-0.15, -0.1) is 0 Å². The average molecular weight is 361 g/mol. The monoisotopic (exact) mass is 360 g/mol. The van der Waals surface area contributed by atoms with E-state index in [1.807, 2.05) is 4.90 Å². The number of rotatable bonds is 3. The normalized spacial score (nSPS) is 14.5. The molecule has 0 atom stereocenters. The van der Waals surface area contributed by atoms with Crippen LogP contribution in [-0.4, -0.2) is 46.9 Å². The van der Waals surface area contributed by atoms with Crippen LogP contribution in [0.15, 0.2) is 36.5 Å². The molecule has 130 valence electrons. The van der Waals surface area contributed by atoms with Crippen molar-refractivity contribution in [3.05, 3.63) is 62.8 Å². The number of carbonyl (C=O) groups is 1. The van der Waals surface area contributed by atoms with Gasteiger partial charge in [-0.1, -0.05) is 23.7 Å². The van der Waals surface area contributed by atoms with Gasteiger partial charge in [-0.3, -0.25) is 14.9 Å². The molecule has 25 heavy (non-hydrogen) atoms. The quantitative estimate of drug-likeness (QED) is 0.621. The first-order valence-corrected chi connectivity index (χ1v) is 8.25. The standard InChI is InChI=1S/C17H17ClN4O3/c1-12-10-13(22(24)25)11-19-16(12)20-6-8-21(9-7-20)17(23)14-4-2-3-5-15(14)18/h2-5,10-11H,6-9H2,1H3. The van der Waals surface area contributed by atoms with Crippen molar-refractivity contribution in [3.8, 4) is 0 Å². The Morgan fingerprint density at radius 3 is 2.52 bits per heavy atom. The number of aryl methyl sites for hydroxylation is 1. The largest absolute Gasteiger partial charge is 0.353 e. The van der Waals surface area contributed by atoms with Crippen molar-refractivity contribution in [1.82, 2.24) is 9.88 Å². The second-order valence-corrected chi connectivity index (χ2v) is 6.26. The zero-order valence-corrected chi connectivity index (χ0v) is 14.4. The molecule has 0 unspecified atom stereocenters. The summed E-state index contributed by atoms with van der Waals surface area (Å²) in [5.74, 6) is 0.633. The van der Waals surface area contributed by atoms with Gasteiger partial charge in [0.25, 0.3) is 11.6 Å². The Morgan fingerprint density at radius 1 is 1.24 bits per heavy atom. The summed E-state index contributed by atoms with van der Waals surface area (Å²) in [6.45, 7) is 4.12. The van der Waals surface area contributed by atoms with Gasteiger partial charge in [0.1, 0.15) is 12.0 Å². The third-order valence-electron chi connectivity index (χ3n) is 4.22. The first-order valence-electron chi connectivity index (χ1n) is 7.87. The van der Waals surface area contributed by atoms with Crippen LogP contribution in [-0.2, 0) is 0 Å². The summed E-state index contributed by atoms with van der Waals surface area (Å²) in [5, 5.41) is 11.3. The minimum Gasteiger partial charge on any atom is -0.353 e. The van der Waals surface area contributed by atoms with E-state index in [0.717, 1.165) is 11.4 Å². The second-order valence-electron chi connectivity index (χ2n) is 5.85. The van der Waals surface area contributed by atoms with Gasteiger partial charge in [0.15, 0.2) is 0 Å². The highest BCUT2D eigenvalue weighted by Gasteiger charge is 2.25. The lowest BCUT2D eigenvalue weighted by molar-refractivity contribution is -0.385. The Balaban J connectivity index is 1.69. The van der Waals surface area contributed by atoms with Crippen molar-refractivity contribution in [2.24, 2.45) is 0 Å². The van der Waals surface area contributed by atoms with Crippen LogP contribution in [0.1, 0.15) is 15.9 Å². The number of hydrogen-bond donors (Lipinski definition) is 0. The number of benzene rings is 1. The topological polar surface area (TPSA) is 79.6 Å². The lowest BCUT2D eigenvalue weighted by Gasteiger charge is -2.36. The van der Waals surface area contributed by atoms with Crippen LogP contribution in [0.3, 0.4) is 0 Å². The molecule has 1 fully saturated rings. The molecule has 1 aliphatic heterocycles. The molecule has 8 heteroatoms. The summed E-state index contributed by atoms with van der Waals surface area (Å²) in [6.07, 6.45) is 1.27. The molecule has 1 aliphatic rings. The lowest BCUT2D eigenvalue weighted by Crippen LogP contribution is -2.49. The minimum atomic E-state index is -0.454. The number of halogens is 1. The smallest absolute Gasteiger partial charge is 0.287 e.